The topological polar surface area (TPSA) is 12.0 Å². The largest absolute Gasteiger partial charge is 0.310 e. The average Bonchev–Trinajstić information content (AvgIpc) is 2.74. The molecule has 0 spiro atoms. The number of hydrogen-bond acceptors (Lipinski definition) is 2. The predicted octanol–water partition coefficient (Wildman–Crippen LogP) is 5.60. The minimum absolute atomic E-state index is 0.171. The second kappa shape index (κ2) is 6.96. The second-order valence-electron chi connectivity index (χ2n) is 4.19. The molecule has 1 nitrogen and oxygen atoms in total. The van der Waals surface area contributed by atoms with Gasteiger partial charge in [0.15, 0.2) is 0 Å². The first-order valence-electron chi connectivity index (χ1n) is 6.02. The van der Waals surface area contributed by atoms with Gasteiger partial charge in [0.1, 0.15) is 0 Å². The van der Waals surface area contributed by atoms with E-state index < -0.39 is 0 Å². The maximum Gasteiger partial charge on any atom is 0.0931 e. The lowest BCUT2D eigenvalue weighted by Gasteiger charge is -2.19. The Morgan fingerprint density at radius 3 is 2.53 bits per heavy atom. The molecule has 2 aromatic rings. The lowest BCUT2D eigenvalue weighted by molar-refractivity contribution is 0.553. The molecule has 1 aromatic heterocycles. The first kappa shape index (κ1) is 15.1. The Morgan fingerprint density at radius 2 is 1.95 bits per heavy atom. The van der Waals surface area contributed by atoms with E-state index in [1.54, 1.807) is 17.4 Å². The molecule has 102 valence electrons. The van der Waals surface area contributed by atoms with E-state index in [1.165, 1.54) is 4.88 Å². The molecule has 0 saturated heterocycles. The summed E-state index contributed by atoms with van der Waals surface area (Å²) < 4.78 is 0.812. The van der Waals surface area contributed by atoms with Gasteiger partial charge in [-0.05, 0) is 36.4 Å². The minimum atomic E-state index is 0.171. The van der Waals surface area contributed by atoms with Crippen LogP contribution < -0.4 is 5.32 Å². The summed E-state index contributed by atoms with van der Waals surface area (Å²) in [7, 11) is 0. The van der Waals surface area contributed by atoms with Crippen molar-refractivity contribution in [3.05, 3.63) is 55.2 Å². The molecule has 0 fully saturated rings. The van der Waals surface area contributed by atoms with Gasteiger partial charge in [0.2, 0.25) is 0 Å². The van der Waals surface area contributed by atoms with Gasteiger partial charge in [-0.15, -0.1) is 11.3 Å². The molecule has 0 amide bonds. The summed E-state index contributed by atoms with van der Waals surface area (Å²) in [4.78, 5) is 1.24. The van der Waals surface area contributed by atoms with Crippen LogP contribution in [-0.2, 0) is 6.42 Å². The molecule has 19 heavy (non-hydrogen) atoms. The molecule has 1 unspecified atom stereocenters. The van der Waals surface area contributed by atoms with E-state index in [1.807, 2.05) is 18.2 Å². The highest BCUT2D eigenvalue weighted by molar-refractivity contribution is 7.16. The lowest BCUT2D eigenvalue weighted by atomic mass is 10.0. The van der Waals surface area contributed by atoms with Crippen molar-refractivity contribution < 1.29 is 0 Å². The molecule has 0 aliphatic heterocycles. The summed E-state index contributed by atoms with van der Waals surface area (Å²) in [5.74, 6) is 0. The van der Waals surface area contributed by atoms with Gasteiger partial charge in [0, 0.05) is 27.4 Å². The van der Waals surface area contributed by atoms with Crippen LogP contribution in [0.3, 0.4) is 0 Å². The Bertz CT molecular complexity index is 553. The Labute approximate surface area is 132 Å². The van der Waals surface area contributed by atoms with Crippen LogP contribution in [0.5, 0.6) is 0 Å². The summed E-state index contributed by atoms with van der Waals surface area (Å²) in [5.41, 5.74) is 1.07. The number of likely N-dealkylation sites (N-methyl/N-ethyl adjacent to an activating group) is 1. The Kier molecular flexibility index (Phi) is 5.55. The van der Waals surface area contributed by atoms with E-state index in [9.17, 15) is 0 Å². The third-order valence-electron chi connectivity index (χ3n) is 2.82. The molecule has 1 heterocycles. The number of nitrogens with one attached hydrogen (secondary N) is 1. The Morgan fingerprint density at radius 1 is 1.16 bits per heavy atom. The fourth-order valence-electron chi connectivity index (χ4n) is 1.99. The fourth-order valence-corrected chi connectivity index (χ4v) is 3.66. The number of hydrogen-bond donors (Lipinski definition) is 1. The van der Waals surface area contributed by atoms with Crippen molar-refractivity contribution in [1.82, 2.24) is 5.32 Å². The summed E-state index contributed by atoms with van der Waals surface area (Å²) >= 11 is 19.8. The van der Waals surface area contributed by atoms with Gasteiger partial charge in [0.05, 0.1) is 4.34 Å². The van der Waals surface area contributed by atoms with Crippen LogP contribution in [0.2, 0.25) is 14.4 Å². The third-order valence-corrected chi connectivity index (χ3v) is 4.64. The number of halogens is 3. The van der Waals surface area contributed by atoms with Gasteiger partial charge in [-0.25, -0.2) is 0 Å². The van der Waals surface area contributed by atoms with E-state index in [2.05, 4.69) is 18.3 Å². The first-order chi connectivity index (χ1) is 9.10. The summed E-state index contributed by atoms with van der Waals surface area (Å²) in [6.07, 6.45) is 0.868. The highest BCUT2D eigenvalue weighted by atomic mass is 35.5. The monoisotopic (exact) mass is 333 g/mol. The zero-order valence-electron chi connectivity index (χ0n) is 10.4. The summed E-state index contributed by atoms with van der Waals surface area (Å²) in [6, 6.07) is 9.78. The van der Waals surface area contributed by atoms with Crippen LogP contribution in [0.25, 0.3) is 0 Å². The van der Waals surface area contributed by atoms with Crippen LogP contribution >= 0.6 is 46.1 Å². The summed E-state index contributed by atoms with van der Waals surface area (Å²) in [5, 5.41) is 4.80. The van der Waals surface area contributed by atoms with Crippen LogP contribution in [-0.4, -0.2) is 6.54 Å². The Balaban J connectivity index is 2.23. The number of benzene rings is 1. The zero-order chi connectivity index (χ0) is 13.8. The van der Waals surface area contributed by atoms with Crippen LogP contribution in [0, 0.1) is 0 Å². The van der Waals surface area contributed by atoms with Gasteiger partial charge in [-0.1, -0.05) is 47.8 Å². The van der Waals surface area contributed by atoms with E-state index in [4.69, 9.17) is 34.8 Å². The molecule has 0 saturated carbocycles. The maximum absolute atomic E-state index is 6.28. The van der Waals surface area contributed by atoms with Crippen molar-refractivity contribution in [1.29, 1.82) is 0 Å². The molecule has 0 aliphatic carbocycles. The predicted molar refractivity (Wildman–Crippen MR) is 85.9 cm³/mol. The van der Waals surface area contributed by atoms with E-state index >= 15 is 0 Å². The normalized spacial score (nSPS) is 12.6. The van der Waals surface area contributed by atoms with Crippen molar-refractivity contribution >= 4 is 46.1 Å². The molecule has 0 aliphatic rings. The maximum atomic E-state index is 6.28. The van der Waals surface area contributed by atoms with Crippen molar-refractivity contribution in [3.63, 3.8) is 0 Å². The molecular weight excluding hydrogens is 321 g/mol. The van der Waals surface area contributed by atoms with Gasteiger partial charge in [-0.2, -0.15) is 0 Å². The Hall–Kier alpha value is -0.250. The van der Waals surface area contributed by atoms with Crippen LogP contribution in [0.4, 0.5) is 0 Å². The van der Waals surface area contributed by atoms with Gasteiger partial charge < -0.3 is 5.32 Å². The van der Waals surface area contributed by atoms with E-state index in [-0.39, 0.29) is 6.04 Å². The van der Waals surface area contributed by atoms with Crippen molar-refractivity contribution in [2.75, 3.05) is 6.54 Å². The first-order valence-corrected chi connectivity index (χ1v) is 7.97. The molecule has 1 N–H and O–H groups in total. The van der Waals surface area contributed by atoms with Crippen molar-refractivity contribution in [2.45, 2.75) is 19.4 Å². The average molecular weight is 335 g/mol. The molecule has 1 aromatic carbocycles. The quantitative estimate of drug-likeness (QED) is 0.750. The molecule has 0 bridgehead atoms. The van der Waals surface area contributed by atoms with Crippen LogP contribution in [0.1, 0.15) is 23.4 Å². The van der Waals surface area contributed by atoms with Crippen LogP contribution in [0.15, 0.2) is 30.3 Å². The summed E-state index contributed by atoms with van der Waals surface area (Å²) in [6.45, 7) is 2.96. The van der Waals surface area contributed by atoms with Crippen molar-refractivity contribution in [3.8, 4) is 0 Å². The van der Waals surface area contributed by atoms with E-state index in [0.29, 0.717) is 10.0 Å². The molecule has 1 atom stereocenters. The smallest absolute Gasteiger partial charge is 0.0931 e. The zero-order valence-corrected chi connectivity index (χ0v) is 13.5. The number of thiophene rings is 1. The fraction of sp³-hybridized carbons (Fsp3) is 0.286. The van der Waals surface area contributed by atoms with Gasteiger partial charge in [-0.3, -0.25) is 0 Å². The highest BCUT2D eigenvalue weighted by Gasteiger charge is 2.15. The SMILES string of the molecule is CCNC(Cc1ccc(Cl)s1)c1ccc(Cl)cc1Cl. The standard InChI is InChI=1S/C14H14Cl3NS/c1-2-18-13(8-10-4-6-14(17)19-10)11-5-3-9(15)7-12(11)16/h3-7,13,18H,2,8H2,1H3. The molecule has 0 radical (unpaired) electrons. The van der Waals surface area contributed by atoms with Gasteiger partial charge in [0.25, 0.3) is 0 Å². The van der Waals surface area contributed by atoms with E-state index in [0.717, 1.165) is 22.9 Å². The molecular formula is C14H14Cl3NS. The lowest BCUT2D eigenvalue weighted by Crippen LogP contribution is -2.22. The molecule has 5 heteroatoms. The van der Waals surface area contributed by atoms with Crippen molar-refractivity contribution in [2.24, 2.45) is 0 Å². The number of rotatable bonds is 5. The third kappa shape index (κ3) is 4.11. The second-order valence-corrected chi connectivity index (χ2v) is 6.83. The highest BCUT2D eigenvalue weighted by Crippen LogP contribution is 2.31. The molecule has 2 rings (SSSR count). The van der Waals surface area contributed by atoms with Gasteiger partial charge >= 0.3 is 0 Å². The minimum Gasteiger partial charge on any atom is -0.310 e.